The van der Waals surface area contributed by atoms with E-state index < -0.39 is 0 Å². The lowest BCUT2D eigenvalue weighted by Gasteiger charge is -1.95. The van der Waals surface area contributed by atoms with Gasteiger partial charge in [-0.1, -0.05) is 6.07 Å². The summed E-state index contributed by atoms with van der Waals surface area (Å²) in [7, 11) is 1.66. The van der Waals surface area contributed by atoms with E-state index in [0.29, 0.717) is 6.42 Å². The summed E-state index contributed by atoms with van der Waals surface area (Å²) in [5, 5.41) is 4.62. The number of rotatable bonds is 3. The number of carbonyl (C=O) groups excluding carboxylic acids is 1. The molecule has 0 fully saturated rings. The van der Waals surface area contributed by atoms with Crippen LogP contribution in [0.3, 0.4) is 0 Å². The molecule has 2 nitrogen and oxygen atoms in total. The van der Waals surface area contributed by atoms with Gasteiger partial charge in [-0.25, -0.2) is 0 Å². The second-order valence-corrected chi connectivity index (χ2v) is 3.28. The number of aryl methyl sites for hydroxylation is 1. The average Bonchev–Trinajstić information content (AvgIpc) is 2.52. The topological polar surface area (TPSA) is 29.1 Å². The van der Waals surface area contributed by atoms with Crippen molar-refractivity contribution in [1.29, 1.82) is 0 Å². The van der Waals surface area contributed by atoms with Crippen molar-refractivity contribution in [2.24, 2.45) is 0 Å². The summed E-state index contributed by atoms with van der Waals surface area (Å²) in [5.74, 6) is 0.110. The summed E-state index contributed by atoms with van der Waals surface area (Å²) in [6.07, 6.45) is 1.45. The zero-order chi connectivity index (χ0) is 8.10. The molecule has 0 bridgehead atoms. The van der Waals surface area contributed by atoms with E-state index in [4.69, 9.17) is 0 Å². The van der Waals surface area contributed by atoms with Crippen LogP contribution in [-0.4, -0.2) is 13.0 Å². The van der Waals surface area contributed by atoms with Gasteiger partial charge in [0.05, 0.1) is 0 Å². The molecule has 0 spiro atoms. The fourth-order valence-corrected chi connectivity index (χ4v) is 1.53. The molecule has 0 aliphatic carbocycles. The second kappa shape index (κ2) is 4.13. The van der Waals surface area contributed by atoms with E-state index in [0.717, 1.165) is 6.42 Å². The third kappa shape index (κ3) is 2.72. The molecular formula is C8H11NOS. The minimum atomic E-state index is 0.110. The van der Waals surface area contributed by atoms with Crippen LogP contribution in [-0.2, 0) is 11.2 Å². The molecule has 3 heteroatoms. The third-order valence-electron chi connectivity index (χ3n) is 1.46. The highest BCUT2D eigenvalue weighted by Gasteiger charge is 1.98. The van der Waals surface area contributed by atoms with E-state index in [1.54, 1.807) is 18.4 Å². The monoisotopic (exact) mass is 169 g/mol. The van der Waals surface area contributed by atoms with Crippen LogP contribution < -0.4 is 5.32 Å². The Labute approximate surface area is 70.2 Å². The molecule has 0 saturated carbocycles. The molecule has 0 aliphatic heterocycles. The van der Waals surface area contributed by atoms with Gasteiger partial charge < -0.3 is 5.32 Å². The summed E-state index contributed by atoms with van der Waals surface area (Å²) in [4.78, 5) is 12.1. The molecule has 60 valence electrons. The van der Waals surface area contributed by atoms with Crippen LogP contribution in [0.25, 0.3) is 0 Å². The van der Waals surface area contributed by atoms with Crippen molar-refractivity contribution in [3.63, 3.8) is 0 Å². The summed E-state index contributed by atoms with van der Waals surface area (Å²) in [5.41, 5.74) is 0. The van der Waals surface area contributed by atoms with E-state index in [9.17, 15) is 4.79 Å². The smallest absolute Gasteiger partial charge is 0.220 e. The lowest BCUT2D eigenvalue weighted by molar-refractivity contribution is -0.120. The molecule has 1 aromatic rings. The molecule has 1 N–H and O–H groups in total. The maximum atomic E-state index is 10.8. The quantitative estimate of drug-likeness (QED) is 0.728. The maximum absolute atomic E-state index is 10.8. The van der Waals surface area contributed by atoms with Gasteiger partial charge in [0, 0.05) is 18.3 Å². The summed E-state index contributed by atoms with van der Waals surface area (Å²) in [6, 6.07) is 4.05. The van der Waals surface area contributed by atoms with Crippen molar-refractivity contribution < 1.29 is 4.79 Å². The summed E-state index contributed by atoms with van der Waals surface area (Å²) >= 11 is 1.70. The number of thiophene rings is 1. The van der Waals surface area contributed by atoms with E-state index in [-0.39, 0.29) is 5.91 Å². The van der Waals surface area contributed by atoms with Gasteiger partial charge in [-0.05, 0) is 17.9 Å². The minimum absolute atomic E-state index is 0.110. The molecule has 1 heterocycles. The second-order valence-electron chi connectivity index (χ2n) is 2.25. The minimum Gasteiger partial charge on any atom is -0.359 e. The summed E-state index contributed by atoms with van der Waals surface area (Å²) < 4.78 is 0. The Balaban J connectivity index is 2.29. The van der Waals surface area contributed by atoms with Gasteiger partial charge in [0.1, 0.15) is 0 Å². The normalized spacial score (nSPS) is 9.55. The van der Waals surface area contributed by atoms with Gasteiger partial charge in [0.15, 0.2) is 0 Å². The first-order valence-electron chi connectivity index (χ1n) is 3.56. The van der Waals surface area contributed by atoms with Crippen LogP contribution in [0, 0.1) is 0 Å². The van der Waals surface area contributed by atoms with Crippen molar-refractivity contribution in [2.45, 2.75) is 12.8 Å². The Hall–Kier alpha value is -0.830. The van der Waals surface area contributed by atoms with Crippen molar-refractivity contribution in [3.8, 4) is 0 Å². The van der Waals surface area contributed by atoms with Gasteiger partial charge in [0.25, 0.3) is 0 Å². The predicted octanol–water partition coefficient (Wildman–Crippen LogP) is 1.43. The van der Waals surface area contributed by atoms with Crippen LogP contribution in [0.4, 0.5) is 0 Å². The van der Waals surface area contributed by atoms with E-state index in [2.05, 4.69) is 5.32 Å². The van der Waals surface area contributed by atoms with Crippen LogP contribution in [0.1, 0.15) is 11.3 Å². The Kier molecular flexibility index (Phi) is 3.11. The van der Waals surface area contributed by atoms with Gasteiger partial charge in [-0.3, -0.25) is 4.79 Å². The van der Waals surface area contributed by atoms with Crippen molar-refractivity contribution in [1.82, 2.24) is 5.32 Å². The van der Waals surface area contributed by atoms with Crippen LogP contribution in [0.15, 0.2) is 17.5 Å². The lowest BCUT2D eigenvalue weighted by atomic mass is 10.2. The van der Waals surface area contributed by atoms with Crippen molar-refractivity contribution in [3.05, 3.63) is 22.4 Å². The molecule has 0 aliphatic rings. The Bertz CT molecular complexity index is 218. The average molecular weight is 169 g/mol. The fraction of sp³-hybridized carbons (Fsp3) is 0.375. The molecule has 0 saturated heterocycles. The van der Waals surface area contributed by atoms with Crippen molar-refractivity contribution >= 4 is 17.2 Å². The highest BCUT2D eigenvalue weighted by Crippen LogP contribution is 2.10. The largest absolute Gasteiger partial charge is 0.359 e. The maximum Gasteiger partial charge on any atom is 0.220 e. The molecular weight excluding hydrogens is 158 g/mol. The number of nitrogens with one attached hydrogen (secondary N) is 1. The fourth-order valence-electron chi connectivity index (χ4n) is 0.817. The molecule has 0 aromatic carbocycles. The van der Waals surface area contributed by atoms with E-state index in [1.807, 2.05) is 17.5 Å². The van der Waals surface area contributed by atoms with Crippen LogP contribution in [0.5, 0.6) is 0 Å². The molecule has 1 rings (SSSR count). The first-order chi connectivity index (χ1) is 5.33. The predicted molar refractivity (Wildman–Crippen MR) is 46.7 cm³/mol. The Morgan fingerprint density at radius 3 is 3.09 bits per heavy atom. The molecule has 0 unspecified atom stereocenters. The zero-order valence-electron chi connectivity index (χ0n) is 6.46. The highest BCUT2D eigenvalue weighted by atomic mass is 32.1. The summed E-state index contributed by atoms with van der Waals surface area (Å²) in [6.45, 7) is 0. The van der Waals surface area contributed by atoms with Crippen LogP contribution in [0.2, 0.25) is 0 Å². The van der Waals surface area contributed by atoms with Gasteiger partial charge in [-0.2, -0.15) is 0 Å². The number of carbonyl (C=O) groups is 1. The molecule has 0 atom stereocenters. The molecule has 1 amide bonds. The van der Waals surface area contributed by atoms with E-state index >= 15 is 0 Å². The van der Waals surface area contributed by atoms with Crippen molar-refractivity contribution in [2.75, 3.05) is 7.05 Å². The third-order valence-corrected chi connectivity index (χ3v) is 2.39. The molecule has 11 heavy (non-hydrogen) atoms. The van der Waals surface area contributed by atoms with Gasteiger partial charge in [-0.15, -0.1) is 11.3 Å². The standard InChI is InChI=1S/C8H11NOS/c1-9-8(10)5-4-7-3-2-6-11-7/h2-3,6H,4-5H2,1H3,(H,9,10). The highest BCUT2D eigenvalue weighted by molar-refractivity contribution is 7.09. The Morgan fingerprint density at radius 1 is 1.73 bits per heavy atom. The molecule has 1 aromatic heterocycles. The number of amides is 1. The van der Waals surface area contributed by atoms with E-state index in [1.165, 1.54) is 4.88 Å². The molecule has 0 radical (unpaired) electrons. The first kappa shape index (κ1) is 8.27. The first-order valence-corrected chi connectivity index (χ1v) is 4.44. The Morgan fingerprint density at radius 2 is 2.55 bits per heavy atom. The number of hydrogen-bond acceptors (Lipinski definition) is 2. The zero-order valence-corrected chi connectivity index (χ0v) is 7.28. The van der Waals surface area contributed by atoms with Gasteiger partial charge in [0.2, 0.25) is 5.91 Å². The SMILES string of the molecule is CNC(=O)CCc1cccs1. The van der Waals surface area contributed by atoms with Crippen LogP contribution >= 0.6 is 11.3 Å². The lowest BCUT2D eigenvalue weighted by Crippen LogP contribution is -2.17. The number of hydrogen-bond donors (Lipinski definition) is 1. The van der Waals surface area contributed by atoms with Gasteiger partial charge >= 0.3 is 0 Å².